The van der Waals surface area contributed by atoms with E-state index in [1.54, 1.807) is 12.1 Å². The molecule has 0 saturated carbocycles. The molecule has 0 amide bonds. The van der Waals surface area contributed by atoms with Crippen molar-refractivity contribution in [3.8, 4) is 0 Å². The summed E-state index contributed by atoms with van der Waals surface area (Å²) in [7, 11) is 2.49. The van der Waals surface area contributed by atoms with Gasteiger partial charge in [-0.05, 0) is 12.3 Å². The summed E-state index contributed by atoms with van der Waals surface area (Å²) >= 11 is 0. The highest BCUT2D eigenvalue weighted by Gasteiger charge is 2.58. The Morgan fingerprint density at radius 3 is 2.18 bits per heavy atom. The number of Topliss-reactive ketones (excluding diaryl/α,β-unsaturated/α-hetero) is 1. The summed E-state index contributed by atoms with van der Waals surface area (Å²) in [5, 5.41) is 0. The quantitative estimate of drug-likeness (QED) is 0.314. The highest BCUT2D eigenvalue weighted by Crippen LogP contribution is 2.51. The molecule has 0 unspecified atom stereocenters. The Kier molecular flexibility index (Phi) is 5.63. The van der Waals surface area contributed by atoms with E-state index in [0.717, 1.165) is 0 Å². The molecule has 0 radical (unpaired) electrons. The van der Waals surface area contributed by atoms with Crippen molar-refractivity contribution in [1.29, 1.82) is 0 Å². The number of esters is 2. The summed E-state index contributed by atoms with van der Waals surface area (Å²) in [5.41, 5.74) is -0.966. The summed E-state index contributed by atoms with van der Waals surface area (Å²) < 4.78 is 10.0. The van der Waals surface area contributed by atoms with E-state index >= 15 is 0 Å². The van der Waals surface area contributed by atoms with Crippen LogP contribution in [0.3, 0.4) is 0 Å². The number of methoxy groups -OCH3 is 2. The van der Waals surface area contributed by atoms with Gasteiger partial charge in [0.2, 0.25) is 0 Å². The second-order valence-electron chi connectivity index (χ2n) is 7.15. The van der Waals surface area contributed by atoms with E-state index in [0.29, 0.717) is 5.56 Å². The van der Waals surface area contributed by atoms with Crippen LogP contribution in [-0.2, 0) is 19.1 Å². The monoisotopic (exact) mass is 380 g/mol. The molecule has 0 heterocycles. The van der Waals surface area contributed by atoms with Crippen LogP contribution in [0.2, 0.25) is 0 Å². The summed E-state index contributed by atoms with van der Waals surface area (Å²) in [6.07, 6.45) is 9.23. The minimum atomic E-state index is -1.58. The van der Waals surface area contributed by atoms with Crippen molar-refractivity contribution in [3.63, 3.8) is 0 Å². The highest BCUT2D eigenvalue weighted by molar-refractivity contribution is 6.02. The Morgan fingerprint density at radius 2 is 1.61 bits per heavy atom. The summed E-state index contributed by atoms with van der Waals surface area (Å²) in [4.78, 5) is 38.9. The second-order valence-corrected chi connectivity index (χ2v) is 7.15. The Morgan fingerprint density at radius 1 is 1.00 bits per heavy atom. The van der Waals surface area contributed by atoms with Crippen LogP contribution in [0.4, 0.5) is 0 Å². The number of hydrogen-bond donors (Lipinski definition) is 0. The van der Waals surface area contributed by atoms with Crippen LogP contribution in [0.5, 0.6) is 0 Å². The SMILES string of the molecule is C=CCC(C(=O)OC)(C(=O)OC)[C@H]1C=C[C@@H]2C=C[C@H]1[C@H]2C(=O)c1ccccc1. The maximum absolute atomic E-state index is 13.2. The molecule has 2 aliphatic carbocycles. The number of hydrogen-bond acceptors (Lipinski definition) is 5. The number of ketones is 1. The molecule has 5 nitrogen and oxygen atoms in total. The first-order valence-corrected chi connectivity index (χ1v) is 9.25. The molecule has 1 aromatic carbocycles. The average molecular weight is 380 g/mol. The lowest BCUT2D eigenvalue weighted by Crippen LogP contribution is -2.51. The van der Waals surface area contributed by atoms with Gasteiger partial charge in [0.05, 0.1) is 14.2 Å². The zero-order valence-corrected chi connectivity index (χ0v) is 16.0. The summed E-state index contributed by atoms with van der Waals surface area (Å²) in [5.74, 6) is -2.70. The predicted molar refractivity (Wildman–Crippen MR) is 104 cm³/mol. The van der Waals surface area contributed by atoms with E-state index in [9.17, 15) is 14.4 Å². The van der Waals surface area contributed by atoms with Gasteiger partial charge in [0.15, 0.2) is 11.2 Å². The lowest BCUT2D eigenvalue weighted by atomic mass is 9.60. The van der Waals surface area contributed by atoms with Gasteiger partial charge in [-0.15, -0.1) is 6.58 Å². The first-order chi connectivity index (χ1) is 13.5. The first-order valence-electron chi connectivity index (χ1n) is 9.25. The van der Waals surface area contributed by atoms with Gasteiger partial charge >= 0.3 is 11.9 Å². The third-order valence-corrected chi connectivity index (χ3v) is 5.84. The van der Waals surface area contributed by atoms with Gasteiger partial charge in [-0.2, -0.15) is 0 Å². The molecule has 28 heavy (non-hydrogen) atoms. The fourth-order valence-corrected chi connectivity index (χ4v) is 4.54. The van der Waals surface area contributed by atoms with Crippen molar-refractivity contribution < 1.29 is 23.9 Å². The van der Waals surface area contributed by atoms with Crippen molar-refractivity contribution in [2.24, 2.45) is 29.1 Å². The number of rotatable bonds is 7. The minimum absolute atomic E-state index is 0.00261. The fraction of sp³-hybridized carbons (Fsp3) is 0.348. The molecule has 4 atom stereocenters. The topological polar surface area (TPSA) is 69.7 Å². The van der Waals surface area contributed by atoms with Crippen molar-refractivity contribution >= 4 is 17.7 Å². The lowest BCUT2D eigenvalue weighted by molar-refractivity contribution is -0.174. The zero-order chi connectivity index (χ0) is 20.3. The molecule has 146 valence electrons. The Labute approximate surface area is 164 Å². The molecular formula is C23H24O5. The number of allylic oxidation sites excluding steroid dienone is 5. The van der Waals surface area contributed by atoms with Gasteiger partial charge in [0.25, 0.3) is 0 Å². The van der Waals surface area contributed by atoms with E-state index in [1.807, 2.05) is 42.5 Å². The van der Waals surface area contributed by atoms with E-state index in [2.05, 4.69) is 6.58 Å². The first kappa shape index (κ1) is 19.8. The molecule has 0 spiro atoms. The zero-order valence-electron chi connectivity index (χ0n) is 16.0. The lowest BCUT2D eigenvalue weighted by Gasteiger charge is -2.41. The fourth-order valence-electron chi connectivity index (χ4n) is 4.54. The second kappa shape index (κ2) is 7.97. The van der Waals surface area contributed by atoms with E-state index in [1.165, 1.54) is 20.3 Å². The van der Waals surface area contributed by atoms with Gasteiger partial charge in [-0.3, -0.25) is 14.4 Å². The van der Waals surface area contributed by atoms with Crippen molar-refractivity contribution in [3.05, 3.63) is 72.9 Å². The van der Waals surface area contributed by atoms with Crippen LogP contribution in [0.1, 0.15) is 16.8 Å². The maximum Gasteiger partial charge on any atom is 0.324 e. The van der Waals surface area contributed by atoms with Crippen molar-refractivity contribution in [1.82, 2.24) is 0 Å². The van der Waals surface area contributed by atoms with E-state index in [-0.39, 0.29) is 30.0 Å². The van der Waals surface area contributed by atoms with Crippen LogP contribution >= 0.6 is 0 Å². The molecule has 2 bridgehead atoms. The van der Waals surface area contributed by atoms with Gasteiger partial charge in [0.1, 0.15) is 0 Å². The number of carbonyl (C=O) groups excluding carboxylic acids is 3. The third-order valence-electron chi connectivity index (χ3n) is 5.84. The molecule has 3 rings (SSSR count). The van der Waals surface area contributed by atoms with Crippen molar-refractivity contribution in [2.45, 2.75) is 6.42 Å². The van der Waals surface area contributed by atoms with E-state index in [4.69, 9.17) is 9.47 Å². The van der Waals surface area contributed by atoms with Gasteiger partial charge in [-0.1, -0.05) is 60.7 Å². The van der Waals surface area contributed by atoms with Crippen LogP contribution in [0.25, 0.3) is 0 Å². The Balaban J connectivity index is 2.06. The number of carbonyl (C=O) groups is 3. The van der Waals surface area contributed by atoms with Crippen LogP contribution in [0.15, 0.2) is 67.3 Å². The average Bonchev–Trinajstić information content (AvgIpc) is 3.03. The Bertz CT molecular complexity index is 820. The molecule has 0 N–H and O–H groups in total. The standard InChI is InChI=1S/C23H24O5/c1-4-14-23(21(25)27-2,22(26)28-3)18-13-11-15-10-12-17(18)19(15)20(24)16-8-6-5-7-9-16/h4-13,15,17-19H,1,14H2,2-3H3/t15-,17+,18-,19-/m0/s1. The van der Waals surface area contributed by atoms with Gasteiger partial charge in [0, 0.05) is 23.3 Å². The molecule has 0 aliphatic heterocycles. The summed E-state index contributed by atoms with van der Waals surface area (Å²) in [6.45, 7) is 3.71. The number of ether oxygens (including phenoxy) is 2. The van der Waals surface area contributed by atoms with Gasteiger partial charge < -0.3 is 9.47 Å². The predicted octanol–water partition coefficient (Wildman–Crippen LogP) is 3.38. The third kappa shape index (κ3) is 3.01. The number of benzene rings is 1. The van der Waals surface area contributed by atoms with Gasteiger partial charge in [-0.25, -0.2) is 0 Å². The maximum atomic E-state index is 13.2. The van der Waals surface area contributed by atoms with Crippen LogP contribution in [-0.4, -0.2) is 31.9 Å². The largest absolute Gasteiger partial charge is 0.468 e. The molecule has 0 fully saturated rings. The molecule has 2 aliphatic rings. The Hall–Kier alpha value is -2.95. The molecule has 0 saturated heterocycles. The summed E-state index contributed by atoms with van der Waals surface area (Å²) in [6, 6.07) is 9.07. The number of fused-ring (bicyclic) bond motifs is 2. The highest BCUT2D eigenvalue weighted by atomic mass is 16.5. The smallest absolute Gasteiger partial charge is 0.324 e. The van der Waals surface area contributed by atoms with Crippen molar-refractivity contribution in [2.75, 3.05) is 14.2 Å². The molecule has 0 aromatic heterocycles. The molecule has 1 aromatic rings. The minimum Gasteiger partial charge on any atom is -0.468 e. The molecule has 5 heteroatoms. The van der Waals surface area contributed by atoms with E-state index < -0.39 is 23.3 Å². The molecular weight excluding hydrogens is 356 g/mol. The van der Waals surface area contributed by atoms with Crippen LogP contribution < -0.4 is 0 Å². The normalized spacial score (nSPS) is 25.2. The van der Waals surface area contributed by atoms with Crippen LogP contribution in [0, 0.1) is 29.1 Å².